The topological polar surface area (TPSA) is 32.6 Å². The summed E-state index contributed by atoms with van der Waals surface area (Å²) in [5.41, 5.74) is 2.42. The van der Waals surface area contributed by atoms with Crippen LogP contribution in [-0.2, 0) is 0 Å². The Hall–Kier alpha value is -2.32. The van der Waals surface area contributed by atoms with Gasteiger partial charge < -0.3 is 5.11 Å². The highest BCUT2D eigenvalue weighted by molar-refractivity contribution is 6.31. The van der Waals surface area contributed by atoms with Gasteiger partial charge in [0.25, 0.3) is 0 Å². The molecule has 0 spiro atoms. The highest BCUT2D eigenvalue weighted by atomic mass is 35.5. The van der Waals surface area contributed by atoms with Gasteiger partial charge in [-0.1, -0.05) is 48.0 Å². The lowest BCUT2D eigenvalue weighted by atomic mass is 10.1. The molecule has 3 heteroatoms. The maximum absolute atomic E-state index is 10.3. The van der Waals surface area contributed by atoms with E-state index in [1.54, 1.807) is 6.21 Å². The lowest BCUT2D eigenvalue weighted by molar-refractivity contribution is 0.481. The molecule has 2 nitrogen and oxygen atoms in total. The molecule has 21 heavy (non-hydrogen) atoms. The van der Waals surface area contributed by atoms with Gasteiger partial charge in [-0.05, 0) is 36.1 Å². The molecular formula is C18H14ClNO. The van der Waals surface area contributed by atoms with Gasteiger partial charge in [-0.15, -0.1) is 0 Å². The number of aliphatic imine (C=N–C) groups is 1. The third-order valence-electron chi connectivity index (χ3n) is 3.51. The lowest BCUT2D eigenvalue weighted by Gasteiger charge is -2.05. The fourth-order valence-corrected chi connectivity index (χ4v) is 2.42. The number of phenolic OH excluding ortho intramolecular Hbond substituents is 1. The van der Waals surface area contributed by atoms with Crippen LogP contribution in [0.3, 0.4) is 0 Å². The van der Waals surface area contributed by atoms with E-state index in [0.29, 0.717) is 10.6 Å². The predicted octanol–water partition coefficient (Wildman–Crippen LogP) is 5.26. The van der Waals surface area contributed by atoms with Gasteiger partial charge >= 0.3 is 0 Å². The van der Waals surface area contributed by atoms with Crippen molar-refractivity contribution < 1.29 is 5.11 Å². The van der Waals surface area contributed by atoms with Crippen molar-refractivity contribution in [2.75, 3.05) is 0 Å². The smallest absolute Gasteiger partial charge is 0.132 e. The SMILES string of the molecule is Cc1c(Cl)cccc1N=Cc1ccc2ccccc2c1O. The van der Waals surface area contributed by atoms with Crippen LogP contribution in [0.5, 0.6) is 5.75 Å². The van der Waals surface area contributed by atoms with Gasteiger partial charge in [0, 0.05) is 22.2 Å². The molecule has 104 valence electrons. The van der Waals surface area contributed by atoms with E-state index in [9.17, 15) is 5.11 Å². The number of rotatable bonds is 2. The monoisotopic (exact) mass is 295 g/mol. The summed E-state index contributed by atoms with van der Waals surface area (Å²) < 4.78 is 0. The summed E-state index contributed by atoms with van der Waals surface area (Å²) in [4.78, 5) is 4.44. The van der Waals surface area contributed by atoms with Crippen molar-refractivity contribution in [3.8, 4) is 5.75 Å². The first-order valence-electron chi connectivity index (χ1n) is 6.67. The molecule has 0 saturated heterocycles. The summed E-state index contributed by atoms with van der Waals surface area (Å²) in [6.45, 7) is 1.93. The van der Waals surface area contributed by atoms with E-state index in [2.05, 4.69) is 4.99 Å². The summed E-state index contributed by atoms with van der Waals surface area (Å²) >= 11 is 6.08. The van der Waals surface area contributed by atoms with Crippen LogP contribution in [-0.4, -0.2) is 11.3 Å². The maximum Gasteiger partial charge on any atom is 0.132 e. The van der Waals surface area contributed by atoms with Crippen LogP contribution in [0.2, 0.25) is 5.02 Å². The number of hydrogen-bond acceptors (Lipinski definition) is 2. The van der Waals surface area contributed by atoms with Crippen molar-refractivity contribution in [1.82, 2.24) is 0 Å². The second kappa shape index (κ2) is 5.58. The van der Waals surface area contributed by atoms with Gasteiger partial charge in [-0.2, -0.15) is 0 Å². The zero-order chi connectivity index (χ0) is 14.8. The molecule has 0 amide bonds. The van der Waals surface area contributed by atoms with Gasteiger partial charge in [0.05, 0.1) is 5.69 Å². The van der Waals surface area contributed by atoms with E-state index in [-0.39, 0.29) is 5.75 Å². The summed E-state index contributed by atoms with van der Waals surface area (Å²) in [5.74, 6) is 0.247. The summed E-state index contributed by atoms with van der Waals surface area (Å²) in [6, 6.07) is 17.2. The van der Waals surface area contributed by atoms with Gasteiger partial charge in [-0.3, -0.25) is 4.99 Å². The average molecular weight is 296 g/mol. The normalized spacial score (nSPS) is 11.3. The maximum atomic E-state index is 10.3. The Kier molecular flexibility index (Phi) is 3.63. The Balaban J connectivity index is 2.04. The molecule has 1 N–H and O–H groups in total. The van der Waals surface area contributed by atoms with Crippen LogP contribution in [0.15, 0.2) is 59.6 Å². The molecule has 0 aliphatic carbocycles. The molecule has 0 aromatic heterocycles. The number of hydrogen-bond donors (Lipinski definition) is 1. The van der Waals surface area contributed by atoms with Crippen molar-refractivity contribution in [2.24, 2.45) is 4.99 Å². The van der Waals surface area contributed by atoms with E-state index in [0.717, 1.165) is 22.0 Å². The number of halogens is 1. The van der Waals surface area contributed by atoms with Gasteiger partial charge in [0.1, 0.15) is 5.75 Å². The highest BCUT2D eigenvalue weighted by Gasteiger charge is 2.04. The van der Waals surface area contributed by atoms with E-state index in [4.69, 9.17) is 11.6 Å². The largest absolute Gasteiger partial charge is 0.507 e. The second-order valence-electron chi connectivity index (χ2n) is 4.87. The predicted molar refractivity (Wildman–Crippen MR) is 89.1 cm³/mol. The molecule has 0 atom stereocenters. The molecule has 3 aromatic carbocycles. The van der Waals surface area contributed by atoms with Crippen LogP contribution in [0, 0.1) is 6.92 Å². The van der Waals surface area contributed by atoms with Crippen molar-refractivity contribution in [2.45, 2.75) is 6.92 Å². The summed E-state index contributed by atoms with van der Waals surface area (Å²) in [7, 11) is 0. The van der Waals surface area contributed by atoms with E-state index in [1.165, 1.54) is 0 Å². The first-order chi connectivity index (χ1) is 10.2. The van der Waals surface area contributed by atoms with Crippen molar-refractivity contribution >= 4 is 34.3 Å². The van der Waals surface area contributed by atoms with Crippen LogP contribution in [0.25, 0.3) is 10.8 Å². The molecular weight excluding hydrogens is 282 g/mol. The first kappa shape index (κ1) is 13.7. The standard InChI is InChI=1S/C18H14ClNO/c1-12-16(19)7-4-8-17(12)20-11-14-10-9-13-5-2-3-6-15(13)18(14)21/h2-11,21H,1H3. The Labute approximate surface area is 128 Å². The minimum Gasteiger partial charge on any atom is -0.507 e. The van der Waals surface area contributed by atoms with Crippen molar-refractivity contribution in [3.63, 3.8) is 0 Å². The Morgan fingerprint density at radius 1 is 1.00 bits per heavy atom. The number of benzene rings is 3. The highest BCUT2D eigenvalue weighted by Crippen LogP contribution is 2.29. The summed E-state index contributed by atoms with van der Waals surface area (Å²) in [6.07, 6.45) is 1.67. The zero-order valence-corrected chi connectivity index (χ0v) is 12.3. The van der Waals surface area contributed by atoms with Crippen molar-refractivity contribution in [1.29, 1.82) is 0 Å². The van der Waals surface area contributed by atoms with Crippen LogP contribution >= 0.6 is 11.6 Å². The number of fused-ring (bicyclic) bond motifs is 1. The van der Waals surface area contributed by atoms with Crippen molar-refractivity contribution in [3.05, 3.63) is 70.7 Å². The number of nitrogens with zero attached hydrogens (tertiary/aromatic N) is 1. The fourth-order valence-electron chi connectivity index (χ4n) is 2.25. The van der Waals surface area contributed by atoms with Crippen LogP contribution < -0.4 is 0 Å². The van der Waals surface area contributed by atoms with E-state index >= 15 is 0 Å². The fraction of sp³-hybridized carbons (Fsp3) is 0.0556. The second-order valence-corrected chi connectivity index (χ2v) is 5.27. The van der Waals surface area contributed by atoms with Crippen LogP contribution in [0.1, 0.15) is 11.1 Å². The van der Waals surface area contributed by atoms with Gasteiger partial charge in [-0.25, -0.2) is 0 Å². The third-order valence-corrected chi connectivity index (χ3v) is 3.92. The first-order valence-corrected chi connectivity index (χ1v) is 7.04. The number of phenols is 1. The average Bonchev–Trinajstić information content (AvgIpc) is 2.51. The Morgan fingerprint density at radius 2 is 1.81 bits per heavy atom. The molecule has 0 aliphatic rings. The Morgan fingerprint density at radius 3 is 2.67 bits per heavy atom. The molecule has 3 aromatic rings. The molecule has 0 saturated carbocycles. The molecule has 0 fully saturated rings. The molecule has 0 heterocycles. The molecule has 0 aliphatic heterocycles. The lowest BCUT2D eigenvalue weighted by Crippen LogP contribution is -1.85. The molecule has 0 unspecified atom stereocenters. The minimum atomic E-state index is 0.247. The molecule has 0 bridgehead atoms. The van der Waals surface area contributed by atoms with E-state index < -0.39 is 0 Å². The van der Waals surface area contributed by atoms with Gasteiger partial charge in [0.15, 0.2) is 0 Å². The third kappa shape index (κ3) is 2.63. The summed E-state index contributed by atoms with van der Waals surface area (Å²) in [5, 5.41) is 12.9. The molecule has 3 rings (SSSR count). The molecule has 0 radical (unpaired) electrons. The quantitative estimate of drug-likeness (QED) is 0.643. The van der Waals surface area contributed by atoms with Crippen LogP contribution in [0.4, 0.5) is 5.69 Å². The zero-order valence-electron chi connectivity index (χ0n) is 11.5. The number of aromatic hydroxyl groups is 1. The van der Waals surface area contributed by atoms with Gasteiger partial charge in [0.2, 0.25) is 0 Å². The van der Waals surface area contributed by atoms with E-state index in [1.807, 2.05) is 61.5 Å². The Bertz CT molecular complexity index is 840. The minimum absolute atomic E-state index is 0.247.